The van der Waals surface area contributed by atoms with Crippen molar-refractivity contribution >= 4 is 40.1 Å². The van der Waals surface area contributed by atoms with E-state index < -0.39 is 5.76 Å². The van der Waals surface area contributed by atoms with Crippen molar-refractivity contribution in [3.8, 4) is 0 Å². The van der Waals surface area contributed by atoms with Gasteiger partial charge in [-0.25, -0.2) is 14.8 Å². The number of pyridine rings is 1. The Bertz CT molecular complexity index is 1310. The normalized spacial score (nSPS) is 16.2. The molecule has 1 saturated heterocycles. The molecule has 10 nitrogen and oxygen atoms in total. The maximum atomic E-state index is 11.4. The topological polar surface area (TPSA) is 124 Å². The summed E-state index contributed by atoms with van der Waals surface area (Å²) < 4.78 is 5.05. The third-order valence-corrected chi connectivity index (χ3v) is 5.81. The Balaban J connectivity index is 1.30. The van der Waals surface area contributed by atoms with Gasteiger partial charge in [0.05, 0.1) is 17.4 Å². The Hall–Kier alpha value is -3.92. The Kier molecular flexibility index (Phi) is 5.66. The molecular weight excluding hydrogens is 420 g/mol. The summed E-state index contributed by atoms with van der Waals surface area (Å²) in [5.74, 6) is 1.62. The number of piperidine rings is 1. The van der Waals surface area contributed by atoms with E-state index in [1.807, 2.05) is 32.2 Å². The molecule has 1 aromatic carbocycles. The van der Waals surface area contributed by atoms with Crippen LogP contribution in [0.5, 0.6) is 0 Å². The molecule has 4 aromatic rings. The maximum Gasteiger partial charge on any atom is 0.417 e. The molecule has 3 aromatic heterocycles. The van der Waals surface area contributed by atoms with Crippen LogP contribution >= 0.6 is 0 Å². The number of aryl methyl sites for hydroxylation is 1. The highest BCUT2D eigenvalue weighted by atomic mass is 16.4. The second kappa shape index (κ2) is 8.91. The van der Waals surface area contributed by atoms with Gasteiger partial charge in [0.2, 0.25) is 5.95 Å². The van der Waals surface area contributed by atoms with Gasteiger partial charge in [-0.3, -0.25) is 4.98 Å². The molecular formula is C23H26N8O2. The number of fused-ring (bicyclic) bond motifs is 1. The number of oxazole rings is 1. The Morgan fingerprint density at radius 3 is 2.82 bits per heavy atom. The van der Waals surface area contributed by atoms with Crippen molar-refractivity contribution in [2.45, 2.75) is 25.8 Å². The number of aromatic nitrogens is 4. The molecule has 170 valence electrons. The third-order valence-electron chi connectivity index (χ3n) is 5.81. The predicted octanol–water partition coefficient (Wildman–Crippen LogP) is 3.29. The average Bonchev–Trinajstić information content (AvgIpc) is 3.21. The van der Waals surface area contributed by atoms with Crippen LogP contribution in [0.4, 0.5) is 29.0 Å². The predicted molar refractivity (Wildman–Crippen MR) is 129 cm³/mol. The van der Waals surface area contributed by atoms with Crippen molar-refractivity contribution < 1.29 is 4.42 Å². The first-order valence-corrected chi connectivity index (χ1v) is 11.0. The maximum absolute atomic E-state index is 11.4. The number of aromatic amines is 1. The molecule has 5 rings (SSSR count). The summed E-state index contributed by atoms with van der Waals surface area (Å²) in [4.78, 5) is 30.0. The van der Waals surface area contributed by atoms with Crippen molar-refractivity contribution in [1.29, 1.82) is 0 Å². The van der Waals surface area contributed by atoms with E-state index in [2.05, 4.69) is 40.8 Å². The lowest BCUT2D eigenvalue weighted by Crippen LogP contribution is -2.44. The van der Waals surface area contributed by atoms with E-state index in [-0.39, 0.29) is 0 Å². The van der Waals surface area contributed by atoms with Gasteiger partial charge in [-0.1, -0.05) is 0 Å². The number of hydrogen-bond acceptors (Lipinski definition) is 9. The first kappa shape index (κ1) is 21.0. The lowest BCUT2D eigenvalue weighted by molar-refractivity contribution is 0.447. The van der Waals surface area contributed by atoms with Crippen LogP contribution in [0.1, 0.15) is 18.4 Å². The molecule has 0 spiro atoms. The van der Waals surface area contributed by atoms with E-state index >= 15 is 0 Å². The number of likely N-dealkylation sites (N-methyl/N-ethyl adjacent to an activating group) is 1. The summed E-state index contributed by atoms with van der Waals surface area (Å²) in [7, 11) is 2.01. The van der Waals surface area contributed by atoms with Gasteiger partial charge >= 0.3 is 5.76 Å². The van der Waals surface area contributed by atoms with Crippen molar-refractivity contribution in [2.75, 3.05) is 35.7 Å². The summed E-state index contributed by atoms with van der Waals surface area (Å²) in [5, 5.41) is 9.86. The third kappa shape index (κ3) is 4.65. The number of nitrogens with one attached hydrogen (secondary N) is 4. The fraction of sp³-hybridized carbons (Fsp3) is 0.304. The van der Waals surface area contributed by atoms with Gasteiger partial charge in [-0.05, 0) is 57.1 Å². The number of nitrogens with zero attached hydrogens (tertiary/aromatic N) is 4. The molecule has 0 radical (unpaired) electrons. The van der Waals surface area contributed by atoms with Gasteiger partial charge < -0.3 is 25.3 Å². The summed E-state index contributed by atoms with van der Waals surface area (Å²) in [5.41, 5.74) is 3.61. The number of rotatable bonds is 6. The summed E-state index contributed by atoms with van der Waals surface area (Å²) >= 11 is 0. The van der Waals surface area contributed by atoms with E-state index in [9.17, 15) is 4.79 Å². The molecule has 1 aliphatic heterocycles. The number of benzene rings is 1. The van der Waals surface area contributed by atoms with E-state index in [0.717, 1.165) is 42.3 Å². The molecule has 0 aliphatic carbocycles. The van der Waals surface area contributed by atoms with Crippen LogP contribution in [0.2, 0.25) is 0 Å². The van der Waals surface area contributed by atoms with Crippen molar-refractivity contribution in [3.05, 3.63) is 58.8 Å². The zero-order chi connectivity index (χ0) is 22.8. The number of anilines is 5. The minimum atomic E-state index is -0.478. The van der Waals surface area contributed by atoms with Crippen molar-refractivity contribution in [1.82, 2.24) is 25.3 Å². The highest BCUT2D eigenvalue weighted by molar-refractivity contribution is 5.78. The number of hydrogen-bond donors (Lipinski definition) is 4. The Morgan fingerprint density at radius 2 is 2.00 bits per heavy atom. The van der Waals surface area contributed by atoms with E-state index in [4.69, 9.17) is 4.42 Å². The lowest BCUT2D eigenvalue weighted by Gasteiger charge is -2.33. The van der Waals surface area contributed by atoms with E-state index in [1.165, 1.54) is 6.42 Å². The molecule has 1 aliphatic rings. The highest BCUT2D eigenvalue weighted by Gasteiger charge is 2.19. The minimum Gasteiger partial charge on any atom is -0.408 e. The van der Waals surface area contributed by atoms with Gasteiger partial charge in [0, 0.05) is 36.6 Å². The van der Waals surface area contributed by atoms with Crippen LogP contribution in [0.3, 0.4) is 0 Å². The monoisotopic (exact) mass is 446 g/mol. The minimum absolute atomic E-state index is 0.462. The second-order valence-corrected chi connectivity index (χ2v) is 8.18. The van der Waals surface area contributed by atoms with Crippen LogP contribution in [0.15, 0.2) is 51.9 Å². The fourth-order valence-corrected chi connectivity index (χ4v) is 3.99. The van der Waals surface area contributed by atoms with E-state index in [0.29, 0.717) is 28.9 Å². The molecule has 0 unspecified atom stereocenters. The zero-order valence-electron chi connectivity index (χ0n) is 18.6. The van der Waals surface area contributed by atoms with Crippen LogP contribution in [-0.4, -0.2) is 46.1 Å². The van der Waals surface area contributed by atoms with Crippen LogP contribution in [-0.2, 0) is 0 Å². The first-order chi connectivity index (χ1) is 16.1. The molecule has 0 amide bonds. The molecule has 33 heavy (non-hydrogen) atoms. The zero-order valence-corrected chi connectivity index (χ0v) is 18.6. The van der Waals surface area contributed by atoms with Crippen LogP contribution in [0.25, 0.3) is 11.1 Å². The van der Waals surface area contributed by atoms with Crippen LogP contribution in [0, 0.1) is 6.92 Å². The van der Waals surface area contributed by atoms with Crippen LogP contribution < -0.4 is 26.6 Å². The van der Waals surface area contributed by atoms with E-state index in [1.54, 1.807) is 24.5 Å². The van der Waals surface area contributed by atoms with Gasteiger partial charge in [-0.2, -0.15) is 4.98 Å². The Labute approximate surface area is 190 Å². The Morgan fingerprint density at radius 1 is 1.12 bits per heavy atom. The molecule has 0 bridgehead atoms. The fourth-order valence-electron chi connectivity index (χ4n) is 3.99. The molecule has 1 atom stereocenters. The first-order valence-electron chi connectivity index (χ1n) is 11.0. The summed E-state index contributed by atoms with van der Waals surface area (Å²) in [6.07, 6.45) is 5.91. The highest BCUT2D eigenvalue weighted by Crippen LogP contribution is 2.24. The molecule has 10 heteroatoms. The van der Waals surface area contributed by atoms with Gasteiger partial charge in [0.15, 0.2) is 5.58 Å². The van der Waals surface area contributed by atoms with Crippen molar-refractivity contribution in [3.63, 3.8) is 0 Å². The molecule has 0 saturated carbocycles. The SMILES string of the molecule is CN[C@@H]1CCCN(c2ccc(Nc3ncc(C)c(Nc4ccc5oc(=O)[nH]c5c4)n3)cn2)C1. The molecule has 4 N–H and O–H groups in total. The lowest BCUT2D eigenvalue weighted by atomic mass is 10.1. The average molecular weight is 447 g/mol. The van der Waals surface area contributed by atoms with Gasteiger partial charge in [0.1, 0.15) is 11.6 Å². The summed E-state index contributed by atoms with van der Waals surface area (Å²) in [6, 6.07) is 9.88. The summed E-state index contributed by atoms with van der Waals surface area (Å²) in [6.45, 7) is 3.91. The molecule has 1 fully saturated rings. The largest absolute Gasteiger partial charge is 0.417 e. The van der Waals surface area contributed by atoms with Gasteiger partial charge in [0.25, 0.3) is 0 Å². The molecule has 4 heterocycles. The second-order valence-electron chi connectivity index (χ2n) is 8.18. The standard InChI is InChI=1S/C23H26N8O2/c1-14-11-26-22(30-21(14)27-15-5-7-19-18(10-15)29-23(32)33-19)28-16-6-8-20(25-12-16)31-9-3-4-17(13-31)24-2/h5-8,10-12,17,24H,3-4,9,13H2,1-2H3,(H,29,32)(H2,26,27,28,30)/t17-/m1/s1. The number of H-pyrrole nitrogens is 1. The van der Waals surface area contributed by atoms with Crippen molar-refractivity contribution in [2.24, 2.45) is 0 Å². The smallest absolute Gasteiger partial charge is 0.408 e. The quantitative estimate of drug-likeness (QED) is 0.353. The van der Waals surface area contributed by atoms with Gasteiger partial charge in [-0.15, -0.1) is 0 Å².